The Bertz CT molecular complexity index is 924. The number of carboxylic acid groups (broad SMARTS) is 1. The standard InChI is InChI=1S/C16H16N2O5S/c1-10-3-4-14-15(7-10)23-6-5-18(14)24(21,22)12-8-13(16(19)20)11(2)17-9-12/h3-4,7-9H,5-6H2,1-2H3,(H,19,20). The first-order chi connectivity index (χ1) is 11.3. The van der Waals surface area contributed by atoms with Gasteiger partial charge in [0.2, 0.25) is 0 Å². The van der Waals surface area contributed by atoms with Crippen LogP contribution in [0.4, 0.5) is 5.69 Å². The number of benzene rings is 1. The SMILES string of the molecule is Cc1ccc2c(c1)OCCN2S(=O)(=O)c1cnc(C)c(C(=O)O)c1. The summed E-state index contributed by atoms with van der Waals surface area (Å²) in [5, 5.41) is 9.19. The van der Waals surface area contributed by atoms with Crippen LogP contribution in [0.3, 0.4) is 0 Å². The molecule has 7 nitrogen and oxygen atoms in total. The second-order valence-electron chi connectivity index (χ2n) is 5.51. The van der Waals surface area contributed by atoms with E-state index >= 15 is 0 Å². The quantitative estimate of drug-likeness (QED) is 0.911. The predicted molar refractivity (Wildman–Crippen MR) is 87.1 cm³/mol. The van der Waals surface area contributed by atoms with Gasteiger partial charge >= 0.3 is 5.97 Å². The van der Waals surface area contributed by atoms with Gasteiger partial charge in [-0.1, -0.05) is 6.07 Å². The highest BCUT2D eigenvalue weighted by molar-refractivity contribution is 7.92. The normalized spacial score (nSPS) is 14.0. The smallest absolute Gasteiger partial charge is 0.337 e. The van der Waals surface area contributed by atoms with Crippen molar-refractivity contribution in [3.63, 3.8) is 0 Å². The van der Waals surface area contributed by atoms with Gasteiger partial charge in [-0.2, -0.15) is 0 Å². The van der Waals surface area contributed by atoms with Gasteiger partial charge in [0, 0.05) is 6.20 Å². The van der Waals surface area contributed by atoms with Crippen LogP contribution in [-0.2, 0) is 10.0 Å². The highest BCUT2D eigenvalue weighted by Gasteiger charge is 2.31. The number of carboxylic acids is 1. The Kier molecular flexibility index (Phi) is 3.92. The second-order valence-corrected chi connectivity index (χ2v) is 7.37. The fourth-order valence-electron chi connectivity index (χ4n) is 2.55. The molecule has 0 fully saturated rings. The zero-order valence-electron chi connectivity index (χ0n) is 13.2. The average molecular weight is 348 g/mol. The summed E-state index contributed by atoms with van der Waals surface area (Å²) >= 11 is 0. The Morgan fingerprint density at radius 1 is 1.29 bits per heavy atom. The first-order valence-corrected chi connectivity index (χ1v) is 8.71. The van der Waals surface area contributed by atoms with Gasteiger partial charge in [0.05, 0.1) is 23.5 Å². The van der Waals surface area contributed by atoms with Crippen LogP contribution in [0.25, 0.3) is 0 Å². The molecule has 1 aliphatic heterocycles. The average Bonchev–Trinajstić information content (AvgIpc) is 2.53. The van der Waals surface area contributed by atoms with E-state index in [4.69, 9.17) is 4.74 Å². The molecule has 3 rings (SSSR count). The topological polar surface area (TPSA) is 96.8 Å². The number of fused-ring (bicyclic) bond motifs is 1. The molecule has 0 saturated heterocycles. The van der Waals surface area contributed by atoms with E-state index in [0.717, 1.165) is 11.6 Å². The number of carbonyl (C=O) groups is 1. The van der Waals surface area contributed by atoms with E-state index in [1.807, 2.05) is 6.92 Å². The number of aryl methyl sites for hydroxylation is 2. The molecule has 2 heterocycles. The summed E-state index contributed by atoms with van der Waals surface area (Å²) < 4.78 is 32.7. The maximum Gasteiger partial charge on any atom is 0.337 e. The lowest BCUT2D eigenvalue weighted by Gasteiger charge is -2.30. The molecule has 0 spiro atoms. The highest BCUT2D eigenvalue weighted by atomic mass is 32.2. The number of hydrogen-bond donors (Lipinski definition) is 1. The minimum Gasteiger partial charge on any atom is -0.489 e. The maximum absolute atomic E-state index is 13.0. The lowest BCUT2D eigenvalue weighted by atomic mass is 10.2. The molecule has 0 aliphatic carbocycles. The number of ether oxygens (including phenoxy) is 1. The molecule has 0 saturated carbocycles. The van der Waals surface area contributed by atoms with Gasteiger partial charge in [-0.15, -0.1) is 0 Å². The van der Waals surface area contributed by atoms with Crippen molar-refractivity contribution in [3.05, 3.63) is 47.3 Å². The highest BCUT2D eigenvalue weighted by Crippen LogP contribution is 2.35. The van der Waals surface area contributed by atoms with Crippen molar-refractivity contribution in [2.24, 2.45) is 0 Å². The summed E-state index contributed by atoms with van der Waals surface area (Å²) in [5.41, 5.74) is 1.52. The van der Waals surface area contributed by atoms with Crippen molar-refractivity contribution in [3.8, 4) is 5.75 Å². The summed E-state index contributed by atoms with van der Waals surface area (Å²) in [4.78, 5) is 15.0. The molecular formula is C16H16N2O5S. The summed E-state index contributed by atoms with van der Waals surface area (Å²) in [6.45, 7) is 3.78. The van der Waals surface area contributed by atoms with Crippen LogP contribution in [-0.4, -0.2) is 37.6 Å². The Labute approximate surface area is 139 Å². The van der Waals surface area contributed by atoms with E-state index in [-0.39, 0.29) is 29.3 Å². The number of pyridine rings is 1. The van der Waals surface area contributed by atoms with Crippen LogP contribution in [0.1, 0.15) is 21.6 Å². The number of nitrogens with zero attached hydrogens (tertiary/aromatic N) is 2. The van der Waals surface area contributed by atoms with Gasteiger partial charge in [-0.05, 0) is 37.6 Å². The minimum absolute atomic E-state index is 0.131. The zero-order chi connectivity index (χ0) is 17.5. The summed E-state index contributed by atoms with van der Waals surface area (Å²) in [6.07, 6.45) is 1.18. The van der Waals surface area contributed by atoms with Gasteiger partial charge < -0.3 is 9.84 Å². The molecule has 0 amide bonds. The fraction of sp³-hybridized carbons (Fsp3) is 0.250. The Hall–Kier alpha value is -2.61. The van der Waals surface area contributed by atoms with Crippen molar-refractivity contribution < 1.29 is 23.1 Å². The van der Waals surface area contributed by atoms with Crippen LogP contribution in [0.2, 0.25) is 0 Å². The molecule has 0 atom stereocenters. The third-order valence-electron chi connectivity index (χ3n) is 3.82. The molecular weight excluding hydrogens is 332 g/mol. The monoisotopic (exact) mass is 348 g/mol. The molecule has 1 N–H and O–H groups in total. The predicted octanol–water partition coefficient (Wildman–Crippen LogP) is 1.98. The van der Waals surface area contributed by atoms with Gasteiger partial charge in [0.15, 0.2) is 0 Å². The molecule has 0 unspecified atom stereocenters. The fourth-order valence-corrected chi connectivity index (χ4v) is 3.98. The van der Waals surface area contributed by atoms with Crippen LogP contribution >= 0.6 is 0 Å². The molecule has 24 heavy (non-hydrogen) atoms. The molecule has 0 bridgehead atoms. The molecule has 1 aromatic carbocycles. The summed E-state index contributed by atoms with van der Waals surface area (Å²) in [5.74, 6) is -0.724. The Morgan fingerprint density at radius 2 is 2.04 bits per heavy atom. The van der Waals surface area contributed by atoms with Crippen LogP contribution in [0, 0.1) is 13.8 Å². The third-order valence-corrected chi connectivity index (χ3v) is 5.59. The largest absolute Gasteiger partial charge is 0.489 e. The lowest BCUT2D eigenvalue weighted by molar-refractivity contribution is 0.0695. The van der Waals surface area contributed by atoms with Crippen molar-refractivity contribution in [2.45, 2.75) is 18.7 Å². The van der Waals surface area contributed by atoms with Crippen molar-refractivity contribution in [1.82, 2.24) is 4.98 Å². The number of aromatic nitrogens is 1. The maximum atomic E-state index is 13.0. The number of anilines is 1. The van der Waals surface area contributed by atoms with Crippen molar-refractivity contribution in [1.29, 1.82) is 0 Å². The minimum atomic E-state index is -3.93. The molecule has 126 valence electrons. The van der Waals surface area contributed by atoms with Crippen LogP contribution in [0.5, 0.6) is 5.75 Å². The molecule has 1 aliphatic rings. The zero-order valence-corrected chi connectivity index (χ0v) is 14.0. The van der Waals surface area contributed by atoms with Gasteiger partial charge in [0.1, 0.15) is 17.3 Å². The second kappa shape index (κ2) is 5.79. The lowest BCUT2D eigenvalue weighted by Crippen LogP contribution is -2.38. The van der Waals surface area contributed by atoms with Gasteiger partial charge in [-0.25, -0.2) is 13.2 Å². The molecule has 0 radical (unpaired) electrons. The van der Waals surface area contributed by atoms with E-state index in [1.54, 1.807) is 18.2 Å². The van der Waals surface area contributed by atoms with E-state index in [9.17, 15) is 18.3 Å². The molecule has 2 aromatic rings. The van der Waals surface area contributed by atoms with E-state index in [2.05, 4.69) is 4.98 Å². The van der Waals surface area contributed by atoms with Crippen molar-refractivity contribution >= 4 is 21.7 Å². The number of aromatic carboxylic acids is 1. The van der Waals surface area contributed by atoms with Crippen LogP contribution < -0.4 is 9.04 Å². The first-order valence-electron chi connectivity index (χ1n) is 7.27. The number of hydrogen-bond acceptors (Lipinski definition) is 5. The van der Waals surface area contributed by atoms with Gasteiger partial charge in [-0.3, -0.25) is 9.29 Å². The number of rotatable bonds is 3. The molecule has 1 aromatic heterocycles. The first kappa shape index (κ1) is 16.3. The Morgan fingerprint density at radius 3 is 2.75 bits per heavy atom. The van der Waals surface area contributed by atoms with E-state index in [0.29, 0.717) is 11.4 Å². The Balaban J connectivity index is 2.10. The van der Waals surface area contributed by atoms with Crippen molar-refractivity contribution in [2.75, 3.05) is 17.5 Å². The molecule has 8 heteroatoms. The third kappa shape index (κ3) is 2.69. The van der Waals surface area contributed by atoms with Crippen LogP contribution in [0.15, 0.2) is 35.4 Å². The van der Waals surface area contributed by atoms with E-state index in [1.165, 1.54) is 17.4 Å². The summed E-state index contributed by atoms with van der Waals surface area (Å²) in [6, 6.07) is 6.39. The van der Waals surface area contributed by atoms with Gasteiger partial charge in [0.25, 0.3) is 10.0 Å². The number of sulfonamides is 1. The van der Waals surface area contributed by atoms with E-state index < -0.39 is 16.0 Å². The summed E-state index contributed by atoms with van der Waals surface area (Å²) in [7, 11) is -3.93.